The van der Waals surface area contributed by atoms with Gasteiger partial charge >= 0.3 is 119 Å². The van der Waals surface area contributed by atoms with Crippen LogP contribution in [-0.2, 0) is 0 Å². The summed E-state index contributed by atoms with van der Waals surface area (Å²) >= 11 is 0.530. The van der Waals surface area contributed by atoms with E-state index in [2.05, 4.69) is 48.3 Å². The van der Waals surface area contributed by atoms with Crippen molar-refractivity contribution in [3.63, 3.8) is 0 Å². The van der Waals surface area contributed by atoms with Crippen LogP contribution in [0.3, 0.4) is 0 Å². The zero-order valence-corrected chi connectivity index (χ0v) is 13.3. The van der Waals surface area contributed by atoms with Gasteiger partial charge in [0.1, 0.15) is 0 Å². The number of allylic oxidation sites excluding steroid dienone is 1. The number of hydrogen-bond donors (Lipinski definition) is 0. The summed E-state index contributed by atoms with van der Waals surface area (Å²) in [4.78, 5) is 2.37. The van der Waals surface area contributed by atoms with Crippen molar-refractivity contribution in [3.8, 4) is 0 Å². The third-order valence-electron chi connectivity index (χ3n) is 3.02. The second kappa shape index (κ2) is 11.6. The monoisotopic (exact) mass is 310 g/mol. The molecule has 1 aromatic carbocycles. The summed E-state index contributed by atoms with van der Waals surface area (Å²) in [6.45, 7) is 2.28. The summed E-state index contributed by atoms with van der Waals surface area (Å²) in [5.41, 5.74) is 0. The molecule has 1 aromatic rings. The van der Waals surface area contributed by atoms with E-state index in [1.54, 1.807) is 0 Å². The Labute approximate surface area is 119 Å². The Morgan fingerprint density at radius 3 is 2.28 bits per heavy atom. The Bertz CT molecular complexity index is 303. The third kappa shape index (κ3) is 8.55. The van der Waals surface area contributed by atoms with Crippen LogP contribution >= 0.6 is 0 Å². The molecule has 0 heterocycles. The molecule has 0 saturated carbocycles. The number of rotatable bonds is 10. The summed E-state index contributed by atoms with van der Waals surface area (Å²) in [6.07, 6.45) is 13.5. The molecule has 0 aliphatic heterocycles. The van der Waals surface area contributed by atoms with Gasteiger partial charge in [-0.25, -0.2) is 0 Å². The molecule has 0 aliphatic rings. The third-order valence-corrected chi connectivity index (χ3v) is 4.85. The van der Waals surface area contributed by atoms with E-state index in [9.17, 15) is 0 Å². The first-order chi connectivity index (χ1) is 8.93. The molecule has 0 spiro atoms. The van der Waals surface area contributed by atoms with Crippen LogP contribution in [0.5, 0.6) is 0 Å². The van der Waals surface area contributed by atoms with Gasteiger partial charge < -0.3 is 0 Å². The van der Waals surface area contributed by atoms with E-state index in [1.165, 1.54) is 55.8 Å². The molecule has 0 aliphatic carbocycles. The van der Waals surface area contributed by atoms with Crippen LogP contribution in [0.4, 0.5) is 0 Å². The fourth-order valence-corrected chi connectivity index (χ4v) is 3.39. The molecule has 0 amide bonds. The maximum atomic E-state index is 2.37. The van der Waals surface area contributed by atoms with E-state index >= 15 is 0 Å². The Balaban J connectivity index is 1.91. The van der Waals surface area contributed by atoms with Gasteiger partial charge in [-0.15, -0.1) is 0 Å². The van der Waals surface area contributed by atoms with Gasteiger partial charge in [-0.3, -0.25) is 0 Å². The van der Waals surface area contributed by atoms with Crippen LogP contribution in [-0.4, -0.2) is 15.0 Å². The molecule has 0 bridgehead atoms. The molecular weight excluding hydrogens is 283 g/mol. The molecule has 0 N–H and O–H groups in total. The molecule has 1 heteroatoms. The molecule has 0 aromatic heterocycles. The molecule has 0 unspecified atom stereocenters. The quantitative estimate of drug-likeness (QED) is 0.435. The van der Waals surface area contributed by atoms with Gasteiger partial charge in [-0.1, -0.05) is 0 Å². The normalized spacial score (nSPS) is 11.2. The molecule has 0 nitrogen and oxygen atoms in total. The van der Waals surface area contributed by atoms with Crippen LogP contribution in [0, 0.1) is 0 Å². The molecule has 0 saturated heterocycles. The van der Waals surface area contributed by atoms with Crippen LogP contribution < -0.4 is 4.46 Å². The SMILES string of the molecule is CCCCCCCCC/C=C/[Se]c1ccccc1. The number of benzene rings is 1. The van der Waals surface area contributed by atoms with Crippen LogP contribution in [0.2, 0.25) is 0 Å². The fourth-order valence-electron chi connectivity index (χ4n) is 1.91. The second-order valence-electron chi connectivity index (χ2n) is 4.71. The van der Waals surface area contributed by atoms with Gasteiger partial charge in [-0.05, 0) is 0 Å². The number of unbranched alkanes of at least 4 members (excludes halogenated alkanes) is 7. The van der Waals surface area contributed by atoms with E-state index in [1.807, 2.05) is 0 Å². The summed E-state index contributed by atoms with van der Waals surface area (Å²) in [5, 5.41) is 0. The topological polar surface area (TPSA) is 0 Å². The van der Waals surface area contributed by atoms with Crippen molar-refractivity contribution in [3.05, 3.63) is 41.4 Å². The molecular formula is C17H26Se. The fraction of sp³-hybridized carbons (Fsp3) is 0.529. The van der Waals surface area contributed by atoms with Crippen molar-refractivity contribution in [2.45, 2.75) is 58.3 Å². The first-order valence-corrected chi connectivity index (χ1v) is 9.14. The molecule has 1 rings (SSSR count). The Morgan fingerprint density at radius 2 is 1.56 bits per heavy atom. The van der Waals surface area contributed by atoms with Crippen molar-refractivity contribution >= 4 is 19.4 Å². The van der Waals surface area contributed by atoms with Gasteiger partial charge in [-0.2, -0.15) is 0 Å². The zero-order chi connectivity index (χ0) is 12.9. The molecule has 18 heavy (non-hydrogen) atoms. The zero-order valence-electron chi connectivity index (χ0n) is 11.6. The first kappa shape index (κ1) is 15.5. The first-order valence-electron chi connectivity index (χ1n) is 7.30. The van der Waals surface area contributed by atoms with Crippen molar-refractivity contribution in [2.24, 2.45) is 0 Å². The van der Waals surface area contributed by atoms with Crippen molar-refractivity contribution in [2.75, 3.05) is 0 Å². The van der Waals surface area contributed by atoms with Crippen LogP contribution in [0.25, 0.3) is 0 Å². The van der Waals surface area contributed by atoms with E-state index in [0.717, 1.165) is 0 Å². The Hall–Kier alpha value is -0.521. The van der Waals surface area contributed by atoms with E-state index in [4.69, 9.17) is 0 Å². The molecule has 0 radical (unpaired) electrons. The summed E-state index contributed by atoms with van der Waals surface area (Å²) in [6, 6.07) is 10.8. The van der Waals surface area contributed by atoms with Gasteiger partial charge in [0.25, 0.3) is 0 Å². The predicted octanol–water partition coefficient (Wildman–Crippen LogP) is 4.67. The predicted molar refractivity (Wildman–Crippen MR) is 83.6 cm³/mol. The minimum atomic E-state index is 0.530. The summed E-state index contributed by atoms with van der Waals surface area (Å²) < 4.78 is 1.47. The van der Waals surface area contributed by atoms with Gasteiger partial charge in [0.2, 0.25) is 0 Å². The standard InChI is InChI=1S/C17H26Se/c1-2-3-4-5-6-7-8-9-13-16-18-17-14-11-10-12-15-17/h10-16H,2-9H2,1H3/b16-13+. The van der Waals surface area contributed by atoms with Crippen LogP contribution in [0.15, 0.2) is 41.4 Å². The Morgan fingerprint density at radius 1 is 0.889 bits per heavy atom. The van der Waals surface area contributed by atoms with Crippen molar-refractivity contribution in [1.82, 2.24) is 0 Å². The van der Waals surface area contributed by atoms with Crippen molar-refractivity contribution in [1.29, 1.82) is 0 Å². The average molecular weight is 309 g/mol. The van der Waals surface area contributed by atoms with Gasteiger partial charge in [0.05, 0.1) is 0 Å². The van der Waals surface area contributed by atoms with E-state index in [0.29, 0.717) is 15.0 Å². The number of hydrogen-bond acceptors (Lipinski definition) is 0. The minimum absolute atomic E-state index is 0.530. The van der Waals surface area contributed by atoms with Gasteiger partial charge in [0.15, 0.2) is 0 Å². The van der Waals surface area contributed by atoms with E-state index in [-0.39, 0.29) is 0 Å². The molecule has 0 fully saturated rings. The maximum absolute atomic E-state index is 2.37. The molecule has 0 atom stereocenters. The Kier molecular flexibility index (Phi) is 9.98. The van der Waals surface area contributed by atoms with E-state index < -0.39 is 0 Å². The average Bonchev–Trinajstić information content (AvgIpc) is 2.42. The summed E-state index contributed by atoms with van der Waals surface area (Å²) in [7, 11) is 0. The second-order valence-corrected chi connectivity index (χ2v) is 6.77. The van der Waals surface area contributed by atoms with Crippen LogP contribution in [0.1, 0.15) is 58.3 Å². The van der Waals surface area contributed by atoms with Gasteiger partial charge in [0, 0.05) is 0 Å². The molecule has 100 valence electrons. The van der Waals surface area contributed by atoms with Crippen molar-refractivity contribution < 1.29 is 0 Å². The summed E-state index contributed by atoms with van der Waals surface area (Å²) in [5.74, 6) is 0.